The first-order valence-corrected chi connectivity index (χ1v) is 6.35. The fourth-order valence-electron chi connectivity index (χ4n) is 2.55. The predicted octanol–water partition coefficient (Wildman–Crippen LogP) is 1.97. The van der Waals surface area contributed by atoms with Crippen molar-refractivity contribution in [2.75, 3.05) is 33.3 Å². The highest BCUT2D eigenvalue weighted by atomic mass is 19.1. The summed E-state index contributed by atoms with van der Waals surface area (Å²) >= 11 is 0. The molecule has 0 radical (unpaired) electrons. The number of ether oxygens (including phenoxy) is 1. The maximum Gasteiger partial charge on any atom is 0.124 e. The third kappa shape index (κ3) is 2.49. The fraction of sp³-hybridized carbons (Fsp3) is 0.571. The van der Waals surface area contributed by atoms with E-state index in [1.165, 1.54) is 6.07 Å². The molecule has 1 aromatic carbocycles. The number of piperazine rings is 1. The van der Waals surface area contributed by atoms with Gasteiger partial charge in [0.05, 0.1) is 7.11 Å². The van der Waals surface area contributed by atoms with E-state index in [2.05, 4.69) is 24.1 Å². The van der Waals surface area contributed by atoms with Crippen LogP contribution in [-0.4, -0.2) is 38.2 Å². The molecule has 0 aromatic heterocycles. The first-order chi connectivity index (χ1) is 8.55. The summed E-state index contributed by atoms with van der Waals surface area (Å²) in [6.07, 6.45) is 0. The number of hydrogen-bond donors (Lipinski definition) is 1. The van der Waals surface area contributed by atoms with E-state index in [1.54, 1.807) is 19.2 Å². The normalized spacial score (nSPS) is 17.8. The second kappa shape index (κ2) is 5.24. The van der Waals surface area contributed by atoms with Crippen LogP contribution in [0.3, 0.4) is 0 Å². The van der Waals surface area contributed by atoms with Crippen molar-refractivity contribution in [1.82, 2.24) is 10.2 Å². The lowest BCUT2D eigenvalue weighted by Gasteiger charge is -2.42. The third-order valence-electron chi connectivity index (χ3n) is 3.73. The molecule has 0 unspecified atom stereocenters. The molecular weight excluding hydrogens is 231 g/mol. The van der Waals surface area contributed by atoms with Crippen molar-refractivity contribution in [1.29, 1.82) is 0 Å². The van der Waals surface area contributed by atoms with Crippen LogP contribution in [0.1, 0.15) is 19.4 Å². The van der Waals surface area contributed by atoms with Gasteiger partial charge in [0, 0.05) is 37.3 Å². The predicted molar refractivity (Wildman–Crippen MR) is 70.4 cm³/mol. The lowest BCUT2D eigenvalue weighted by Crippen LogP contribution is -2.51. The van der Waals surface area contributed by atoms with Gasteiger partial charge in [-0.25, -0.2) is 4.39 Å². The molecule has 18 heavy (non-hydrogen) atoms. The van der Waals surface area contributed by atoms with Gasteiger partial charge in [-0.1, -0.05) is 0 Å². The number of rotatable bonds is 3. The Hall–Kier alpha value is -1.13. The van der Waals surface area contributed by atoms with E-state index in [0.29, 0.717) is 0 Å². The molecule has 1 aliphatic heterocycles. The summed E-state index contributed by atoms with van der Waals surface area (Å²) in [6.45, 7) is 8.12. The first kappa shape index (κ1) is 13.3. The van der Waals surface area contributed by atoms with Gasteiger partial charge in [0.25, 0.3) is 0 Å². The maximum absolute atomic E-state index is 13.5. The molecule has 0 saturated carbocycles. The molecule has 0 aliphatic carbocycles. The highest BCUT2D eigenvalue weighted by Gasteiger charge is 2.32. The zero-order valence-electron chi connectivity index (χ0n) is 11.3. The SMILES string of the molecule is COc1ccc(F)cc1C(C)(C)N1CCNCC1. The van der Waals surface area contributed by atoms with E-state index in [0.717, 1.165) is 37.5 Å². The molecule has 1 fully saturated rings. The Balaban J connectivity index is 2.35. The molecule has 4 heteroatoms. The Labute approximate surface area is 108 Å². The minimum Gasteiger partial charge on any atom is -0.496 e. The average Bonchev–Trinajstić information content (AvgIpc) is 2.39. The summed E-state index contributed by atoms with van der Waals surface area (Å²) in [7, 11) is 1.63. The molecule has 0 amide bonds. The Morgan fingerprint density at radius 3 is 2.56 bits per heavy atom. The number of benzene rings is 1. The molecule has 0 spiro atoms. The van der Waals surface area contributed by atoms with Gasteiger partial charge < -0.3 is 10.1 Å². The monoisotopic (exact) mass is 252 g/mol. The lowest BCUT2D eigenvalue weighted by molar-refractivity contribution is 0.0996. The van der Waals surface area contributed by atoms with E-state index in [1.807, 2.05) is 0 Å². The molecule has 0 atom stereocenters. The number of halogens is 1. The smallest absolute Gasteiger partial charge is 0.124 e. The minimum absolute atomic E-state index is 0.214. The standard InChI is InChI=1S/C14H21FN2O/c1-14(2,17-8-6-16-7-9-17)12-10-11(15)4-5-13(12)18-3/h4-5,10,16H,6-9H2,1-3H3. The van der Waals surface area contributed by atoms with Gasteiger partial charge in [0.2, 0.25) is 0 Å². The molecule has 3 nitrogen and oxygen atoms in total. The van der Waals surface area contributed by atoms with E-state index in [4.69, 9.17) is 4.74 Å². The van der Waals surface area contributed by atoms with Crippen molar-refractivity contribution >= 4 is 0 Å². The van der Waals surface area contributed by atoms with Crippen LogP contribution in [0.25, 0.3) is 0 Å². The number of methoxy groups -OCH3 is 1. The van der Waals surface area contributed by atoms with E-state index >= 15 is 0 Å². The first-order valence-electron chi connectivity index (χ1n) is 6.35. The van der Waals surface area contributed by atoms with Gasteiger partial charge in [-0.05, 0) is 32.0 Å². The summed E-state index contributed by atoms with van der Waals surface area (Å²) < 4.78 is 18.9. The van der Waals surface area contributed by atoms with Crippen molar-refractivity contribution in [3.05, 3.63) is 29.6 Å². The summed E-state index contributed by atoms with van der Waals surface area (Å²) in [4.78, 5) is 2.36. The summed E-state index contributed by atoms with van der Waals surface area (Å²) in [5.74, 6) is 0.536. The van der Waals surface area contributed by atoms with Crippen LogP contribution in [-0.2, 0) is 5.54 Å². The maximum atomic E-state index is 13.5. The van der Waals surface area contributed by atoms with Crippen molar-refractivity contribution in [2.45, 2.75) is 19.4 Å². The lowest BCUT2D eigenvalue weighted by atomic mass is 9.90. The molecule has 1 heterocycles. The largest absolute Gasteiger partial charge is 0.496 e. The number of hydrogen-bond acceptors (Lipinski definition) is 3. The van der Waals surface area contributed by atoms with Gasteiger partial charge in [-0.2, -0.15) is 0 Å². The molecule has 0 bridgehead atoms. The molecule has 2 rings (SSSR count). The quantitative estimate of drug-likeness (QED) is 0.890. The van der Waals surface area contributed by atoms with Gasteiger partial charge in [0.15, 0.2) is 0 Å². The van der Waals surface area contributed by atoms with Crippen LogP contribution in [0.2, 0.25) is 0 Å². The molecular formula is C14H21FN2O. The van der Waals surface area contributed by atoms with E-state index < -0.39 is 0 Å². The Morgan fingerprint density at radius 2 is 1.94 bits per heavy atom. The summed E-state index contributed by atoms with van der Waals surface area (Å²) in [5, 5.41) is 3.33. The van der Waals surface area contributed by atoms with E-state index in [9.17, 15) is 4.39 Å². The second-order valence-electron chi connectivity index (χ2n) is 5.14. The van der Waals surface area contributed by atoms with E-state index in [-0.39, 0.29) is 11.4 Å². The van der Waals surface area contributed by atoms with Crippen molar-refractivity contribution in [2.24, 2.45) is 0 Å². The molecule has 1 aliphatic rings. The van der Waals surface area contributed by atoms with Gasteiger partial charge in [0.1, 0.15) is 11.6 Å². The van der Waals surface area contributed by atoms with Gasteiger partial charge in [-0.15, -0.1) is 0 Å². The van der Waals surface area contributed by atoms with Gasteiger partial charge >= 0.3 is 0 Å². The summed E-state index contributed by atoms with van der Waals surface area (Å²) in [6, 6.07) is 4.73. The van der Waals surface area contributed by atoms with Gasteiger partial charge in [-0.3, -0.25) is 4.90 Å². The Kier molecular flexibility index (Phi) is 3.88. The Bertz CT molecular complexity index is 414. The van der Waals surface area contributed by atoms with Crippen molar-refractivity contribution in [3.63, 3.8) is 0 Å². The fourth-order valence-corrected chi connectivity index (χ4v) is 2.55. The number of nitrogens with zero attached hydrogens (tertiary/aromatic N) is 1. The van der Waals surface area contributed by atoms with Crippen LogP contribution in [0.15, 0.2) is 18.2 Å². The van der Waals surface area contributed by atoms with Crippen molar-refractivity contribution < 1.29 is 9.13 Å². The average molecular weight is 252 g/mol. The molecule has 1 N–H and O–H groups in total. The molecule has 100 valence electrons. The zero-order chi connectivity index (χ0) is 13.2. The molecule has 1 saturated heterocycles. The number of nitrogens with one attached hydrogen (secondary N) is 1. The minimum atomic E-state index is -0.227. The van der Waals surface area contributed by atoms with Crippen LogP contribution in [0, 0.1) is 5.82 Å². The highest BCUT2D eigenvalue weighted by Crippen LogP contribution is 2.35. The highest BCUT2D eigenvalue weighted by molar-refractivity contribution is 5.39. The Morgan fingerprint density at radius 1 is 1.28 bits per heavy atom. The van der Waals surface area contributed by atoms with Crippen LogP contribution in [0.5, 0.6) is 5.75 Å². The molecule has 1 aromatic rings. The van der Waals surface area contributed by atoms with Crippen molar-refractivity contribution in [3.8, 4) is 5.75 Å². The third-order valence-corrected chi connectivity index (χ3v) is 3.73. The van der Waals surface area contributed by atoms with Crippen LogP contribution in [0.4, 0.5) is 4.39 Å². The second-order valence-corrected chi connectivity index (χ2v) is 5.14. The van der Waals surface area contributed by atoms with Crippen LogP contribution >= 0.6 is 0 Å². The summed E-state index contributed by atoms with van der Waals surface area (Å²) in [5.41, 5.74) is 0.683. The van der Waals surface area contributed by atoms with Crippen LogP contribution < -0.4 is 10.1 Å². The topological polar surface area (TPSA) is 24.5 Å². The zero-order valence-corrected chi connectivity index (χ0v) is 11.3.